The Labute approximate surface area is 112 Å². The minimum absolute atomic E-state index is 0.191. The van der Waals surface area contributed by atoms with Crippen LogP contribution in [-0.2, 0) is 6.18 Å². The molecule has 0 N–H and O–H groups in total. The molecule has 0 aliphatic heterocycles. The zero-order chi connectivity index (χ0) is 14.8. The molecule has 0 amide bonds. The third-order valence-corrected chi connectivity index (χ3v) is 2.70. The molecular weight excluding hydrogens is 271 g/mol. The quantitative estimate of drug-likeness (QED) is 0.620. The minimum Gasteiger partial charge on any atom is -0.289 e. The summed E-state index contributed by atoms with van der Waals surface area (Å²) in [6, 6.07) is 10.00. The second-order valence-electron chi connectivity index (χ2n) is 4.02. The fourth-order valence-corrected chi connectivity index (χ4v) is 1.72. The molecule has 102 valence electrons. The molecule has 2 rings (SSSR count). The van der Waals surface area contributed by atoms with E-state index in [1.54, 1.807) is 18.2 Å². The van der Waals surface area contributed by atoms with E-state index in [1.807, 2.05) is 0 Å². The molecular formula is C14H8F3NO2. The monoisotopic (exact) mass is 279 g/mol. The van der Waals surface area contributed by atoms with Crippen LogP contribution in [0.25, 0.3) is 0 Å². The van der Waals surface area contributed by atoms with E-state index in [1.165, 1.54) is 12.1 Å². The Morgan fingerprint density at radius 1 is 1.00 bits per heavy atom. The Morgan fingerprint density at radius 3 is 2.20 bits per heavy atom. The highest BCUT2D eigenvalue weighted by molar-refractivity contribution is 6.12. The van der Waals surface area contributed by atoms with Gasteiger partial charge in [-0.25, -0.2) is 0 Å². The number of hydrogen-bond donors (Lipinski definition) is 0. The van der Waals surface area contributed by atoms with Crippen molar-refractivity contribution in [2.45, 2.75) is 6.18 Å². The van der Waals surface area contributed by atoms with E-state index in [4.69, 9.17) is 0 Å². The van der Waals surface area contributed by atoms with Crippen LogP contribution in [0.1, 0.15) is 21.5 Å². The van der Waals surface area contributed by atoms with Crippen molar-refractivity contribution in [1.82, 2.24) is 0 Å². The topological polar surface area (TPSA) is 46.5 Å². The molecule has 0 saturated heterocycles. The lowest BCUT2D eigenvalue weighted by molar-refractivity contribution is -0.137. The van der Waals surface area contributed by atoms with Gasteiger partial charge in [-0.1, -0.05) is 30.3 Å². The van der Waals surface area contributed by atoms with Crippen molar-refractivity contribution in [1.29, 1.82) is 0 Å². The van der Waals surface area contributed by atoms with Crippen LogP contribution in [0.2, 0.25) is 0 Å². The summed E-state index contributed by atoms with van der Waals surface area (Å²) in [6.07, 6.45) is -4.59. The zero-order valence-electron chi connectivity index (χ0n) is 10.0. The van der Waals surface area contributed by atoms with Crippen LogP contribution in [-0.4, -0.2) is 5.78 Å². The van der Waals surface area contributed by atoms with Gasteiger partial charge >= 0.3 is 6.18 Å². The first-order valence-corrected chi connectivity index (χ1v) is 5.58. The number of nitroso groups, excluding NO2 is 1. The predicted molar refractivity (Wildman–Crippen MR) is 66.8 cm³/mol. The Hall–Kier alpha value is -2.50. The van der Waals surface area contributed by atoms with E-state index < -0.39 is 17.5 Å². The Kier molecular flexibility index (Phi) is 3.65. The first-order valence-electron chi connectivity index (χ1n) is 5.58. The standard InChI is InChI=1S/C14H8F3NO2/c15-14(16,17)10-6-7-12(18-20)11(8-10)13(19)9-4-2-1-3-5-9/h1-8H. The van der Waals surface area contributed by atoms with Crippen LogP contribution in [0.3, 0.4) is 0 Å². The number of halogens is 3. The summed E-state index contributed by atoms with van der Waals surface area (Å²) in [6.45, 7) is 0. The van der Waals surface area contributed by atoms with Crippen LogP contribution in [0, 0.1) is 4.91 Å². The molecule has 3 nitrogen and oxygen atoms in total. The zero-order valence-corrected chi connectivity index (χ0v) is 10.0. The molecule has 0 spiro atoms. The number of benzene rings is 2. The molecule has 0 unspecified atom stereocenters. The molecule has 0 saturated carbocycles. The van der Waals surface area contributed by atoms with Gasteiger partial charge in [-0.2, -0.15) is 13.2 Å². The second kappa shape index (κ2) is 5.24. The first kappa shape index (κ1) is 13.9. The van der Waals surface area contributed by atoms with Crippen LogP contribution in [0.5, 0.6) is 0 Å². The van der Waals surface area contributed by atoms with Crippen molar-refractivity contribution in [3.05, 3.63) is 70.1 Å². The Morgan fingerprint density at radius 2 is 1.65 bits per heavy atom. The average Bonchev–Trinajstić information content (AvgIpc) is 2.45. The summed E-state index contributed by atoms with van der Waals surface area (Å²) < 4.78 is 37.9. The van der Waals surface area contributed by atoms with Crippen LogP contribution < -0.4 is 0 Å². The average molecular weight is 279 g/mol. The minimum atomic E-state index is -4.59. The van der Waals surface area contributed by atoms with Crippen molar-refractivity contribution in [2.24, 2.45) is 5.18 Å². The van der Waals surface area contributed by atoms with E-state index in [9.17, 15) is 22.9 Å². The van der Waals surface area contributed by atoms with Crippen LogP contribution >= 0.6 is 0 Å². The van der Waals surface area contributed by atoms with E-state index in [-0.39, 0.29) is 16.8 Å². The second-order valence-corrected chi connectivity index (χ2v) is 4.02. The van der Waals surface area contributed by atoms with Crippen LogP contribution in [0.15, 0.2) is 53.7 Å². The molecule has 0 fully saturated rings. The molecule has 20 heavy (non-hydrogen) atoms. The van der Waals surface area contributed by atoms with Gasteiger partial charge in [0.05, 0.1) is 11.1 Å². The van der Waals surface area contributed by atoms with E-state index >= 15 is 0 Å². The van der Waals surface area contributed by atoms with Crippen LogP contribution in [0.4, 0.5) is 18.9 Å². The smallest absolute Gasteiger partial charge is 0.289 e. The summed E-state index contributed by atoms with van der Waals surface area (Å²) in [7, 11) is 0. The fraction of sp³-hybridized carbons (Fsp3) is 0.0714. The Balaban J connectivity index is 2.54. The first-order chi connectivity index (χ1) is 9.43. The lowest BCUT2D eigenvalue weighted by Gasteiger charge is -2.09. The Bertz CT molecular complexity index is 651. The van der Waals surface area contributed by atoms with Gasteiger partial charge in [0.1, 0.15) is 5.69 Å². The number of ketones is 1. The van der Waals surface area contributed by atoms with Gasteiger partial charge in [0, 0.05) is 5.56 Å². The third-order valence-electron chi connectivity index (χ3n) is 2.70. The molecule has 0 bridgehead atoms. The van der Waals surface area contributed by atoms with Gasteiger partial charge in [0.2, 0.25) is 0 Å². The molecule has 6 heteroatoms. The highest BCUT2D eigenvalue weighted by Crippen LogP contribution is 2.33. The summed E-state index contributed by atoms with van der Waals surface area (Å²) in [5.41, 5.74) is -1.48. The van der Waals surface area contributed by atoms with Gasteiger partial charge < -0.3 is 0 Å². The maximum absolute atomic E-state index is 12.6. The lowest BCUT2D eigenvalue weighted by atomic mass is 9.99. The lowest BCUT2D eigenvalue weighted by Crippen LogP contribution is -2.08. The van der Waals surface area contributed by atoms with Gasteiger partial charge in [0.15, 0.2) is 5.78 Å². The van der Waals surface area contributed by atoms with Gasteiger partial charge in [-0.15, -0.1) is 4.91 Å². The molecule has 2 aromatic rings. The van der Waals surface area contributed by atoms with E-state index in [0.29, 0.717) is 6.07 Å². The number of rotatable bonds is 3. The predicted octanol–water partition coefficient (Wildman–Crippen LogP) is 4.33. The fourth-order valence-electron chi connectivity index (χ4n) is 1.72. The highest BCUT2D eigenvalue weighted by Gasteiger charge is 2.32. The van der Waals surface area contributed by atoms with Crippen molar-refractivity contribution in [3.8, 4) is 0 Å². The number of alkyl halides is 3. The van der Waals surface area contributed by atoms with Gasteiger partial charge in [-0.3, -0.25) is 4.79 Å². The normalized spacial score (nSPS) is 11.2. The summed E-state index contributed by atoms with van der Waals surface area (Å²) in [4.78, 5) is 22.8. The van der Waals surface area contributed by atoms with E-state index in [0.717, 1.165) is 12.1 Å². The van der Waals surface area contributed by atoms with Crippen molar-refractivity contribution in [2.75, 3.05) is 0 Å². The van der Waals surface area contributed by atoms with Crippen molar-refractivity contribution in [3.63, 3.8) is 0 Å². The number of nitrogens with zero attached hydrogens (tertiary/aromatic N) is 1. The van der Waals surface area contributed by atoms with Gasteiger partial charge in [0.25, 0.3) is 0 Å². The molecule has 2 aromatic carbocycles. The summed E-state index contributed by atoms with van der Waals surface area (Å²) in [5.74, 6) is -0.675. The maximum Gasteiger partial charge on any atom is 0.416 e. The largest absolute Gasteiger partial charge is 0.416 e. The number of carbonyl (C=O) groups is 1. The molecule has 0 aliphatic carbocycles. The third kappa shape index (κ3) is 2.74. The molecule has 0 aliphatic rings. The highest BCUT2D eigenvalue weighted by atomic mass is 19.4. The molecule has 0 heterocycles. The molecule has 0 aromatic heterocycles. The van der Waals surface area contributed by atoms with E-state index in [2.05, 4.69) is 5.18 Å². The summed E-state index contributed by atoms with van der Waals surface area (Å²) >= 11 is 0. The SMILES string of the molecule is O=Nc1ccc(C(F)(F)F)cc1C(=O)c1ccccc1. The summed E-state index contributed by atoms with van der Waals surface area (Å²) in [5, 5.41) is 2.60. The molecule has 0 atom stereocenters. The number of carbonyl (C=O) groups excluding carboxylic acids is 1. The number of hydrogen-bond acceptors (Lipinski definition) is 3. The van der Waals surface area contributed by atoms with Gasteiger partial charge in [-0.05, 0) is 23.4 Å². The van der Waals surface area contributed by atoms with Crippen molar-refractivity contribution >= 4 is 11.5 Å². The molecule has 0 radical (unpaired) electrons. The van der Waals surface area contributed by atoms with Crippen molar-refractivity contribution < 1.29 is 18.0 Å². The maximum atomic E-state index is 12.6.